The summed E-state index contributed by atoms with van der Waals surface area (Å²) in [5, 5.41) is 10.3. The van der Waals surface area contributed by atoms with Crippen LogP contribution in [-0.2, 0) is 11.3 Å². The summed E-state index contributed by atoms with van der Waals surface area (Å²) >= 11 is 6.07. The topological polar surface area (TPSA) is 79.3 Å². The highest BCUT2D eigenvalue weighted by Crippen LogP contribution is 2.24. The number of amides is 3. The van der Waals surface area contributed by atoms with Crippen LogP contribution in [0.5, 0.6) is 0 Å². The molecule has 0 saturated carbocycles. The Morgan fingerprint density at radius 1 is 1.14 bits per heavy atom. The molecular weight excluding hydrogens is 390 g/mol. The van der Waals surface area contributed by atoms with Gasteiger partial charge in [-0.3, -0.25) is 4.79 Å². The summed E-state index contributed by atoms with van der Waals surface area (Å²) in [5.74, 6) is -0.230. The second kappa shape index (κ2) is 9.75. The van der Waals surface area contributed by atoms with Crippen LogP contribution < -0.4 is 10.6 Å². The first-order chi connectivity index (χ1) is 14.0. The maximum Gasteiger partial charge on any atom is 0.317 e. The molecule has 2 N–H and O–H groups in total. The Balaban J connectivity index is 1.50. The zero-order chi connectivity index (χ0) is 20.6. The second-order valence-electron chi connectivity index (χ2n) is 6.48. The second-order valence-corrected chi connectivity index (χ2v) is 6.92. The number of urea groups is 1. The van der Waals surface area contributed by atoms with E-state index in [1.54, 1.807) is 53.3 Å². The molecule has 0 spiro atoms. The molecular formula is C21H22ClN5O2. The molecule has 8 heteroatoms. The minimum Gasteiger partial charge on any atom is -0.337 e. The largest absolute Gasteiger partial charge is 0.337 e. The van der Waals surface area contributed by atoms with Gasteiger partial charge in [-0.05, 0) is 29.8 Å². The summed E-state index contributed by atoms with van der Waals surface area (Å²) in [6, 6.07) is 16.4. The number of carbonyl (C=O) groups excluding carboxylic acids is 2. The molecule has 0 bridgehead atoms. The van der Waals surface area contributed by atoms with Crippen molar-refractivity contribution in [3.05, 3.63) is 77.6 Å². The van der Waals surface area contributed by atoms with Gasteiger partial charge in [0.15, 0.2) is 0 Å². The first-order valence-corrected chi connectivity index (χ1v) is 9.53. The number of nitrogens with one attached hydrogen (secondary N) is 2. The standard InChI is InChI=1S/C21H22ClN5O2/c1-26(15-16-6-3-2-4-7-16)21(29)23-12-10-20(28)25-18-14-17(22)8-9-19(18)27-13-5-11-24-27/h2-9,11,13-14H,10,12,15H2,1H3,(H,23,29)(H,25,28). The van der Waals surface area contributed by atoms with Crippen molar-refractivity contribution in [2.24, 2.45) is 0 Å². The molecule has 0 radical (unpaired) electrons. The molecule has 0 fully saturated rings. The van der Waals surface area contributed by atoms with Gasteiger partial charge in [0.25, 0.3) is 0 Å². The highest BCUT2D eigenvalue weighted by Gasteiger charge is 2.12. The molecule has 3 rings (SSSR count). The number of anilines is 1. The molecule has 2 aromatic carbocycles. The smallest absolute Gasteiger partial charge is 0.317 e. The Morgan fingerprint density at radius 2 is 1.93 bits per heavy atom. The number of aromatic nitrogens is 2. The molecule has 150 valence electrons. The number of nitrogens with zero attached hydrogens (tertiary/aromatic N) is 3. The summed E-state index contributed by atoms with van der Waals surface area (Å²) in [7, 11) is 1.71. The van der Waals surface area contributed by atoms with Crippen molar-refractivity contribution in [1.29, 1.82) is 0 Å². The van der Waals surface area contributed by atoms with E-state index in [1.807, 2.05) is 30.3 Å². The number of hydrogen-bond donors (Lipinski definition) is 2. The minimum absolute atomic E-state index is 0.135. The van der Waals surface area contributed by atoms with Crippen molar-refractivity contribution in [2.45, 2.75) is 13.0 Å². The molecule has 0 aliphatic carbocycles. The highest BCUT2D eigenvalue weighted by molar-refractivity contribution is 6.31. The fraction of sp³-hybridized carbons (Fsp3) is 0.190. The van der Waals surface area contributed by atoms with Gasteiger partial charge in [0.2, 0.25) is 5.91 Å². The van der Waals surface area contributed by atoms with Crippen molar-refractivity contribution in [1.82, 2.24) is 20.0 Å². The fourth-order valence-corrected chi connectivity index (χ4v) is 2.95. The van der Waals surface area contributed by atoms with Crippen LogP contribution in [0.1, 0.15) is 12.0 Å². The minimum atomic E-state index is -0.235. The number of carbonyl (C=O) groups is 2. The predicted molar refractivity (Wildman–Crippen MR) is 113 cm³/mol. The number of halogens is 1. The van der Waals surface area contributed by atoms with Gasteiger partial charge in [-0.1, -0.05) is 41.9 Å². The summed E-state index contributed by atoms with van der Waals surface area (Å²) in [6.45, 7) is 0.718. The van der Waals surface area contributed by atoms with Crippen LogP contribution in [0.4, 0.5) is 10.5 Å². The van der Waals surface area contributed by atoms with E-state index in [4.69, 9.17) is 11.6 Å². The van der Waals surface area contributed by atoms with Gasteiger partial charge < -0.3 is 15.5 Å². The average molecular weight is 412 g/mol. The molecule has 0 aliphatic heterocycles. The van der Waals surface area contributed by atoms with E-state index in [1.165, 1.54) is 0 Å². The van der Waals surface area contributed by atoms with Crippen LogP contribution in [0.3, 0.4) is 0 Å². The van der Waals surface area contributed by atoms with Gasteiger partial charge in [-0.2, -0.15) is 5.10 Å². The van der Waals surface area contributed by atoms with Crippen molar-refractivity contribution in [2.75, 3.05) is 18.9 Å². The molecule has 3 aromatic rings. The van der Waals surface area contributed by atoms with Gasteiger partial charge in [-0.25, -0.2) is 9.48 Å². The number of benzene rings is 2. The number of rotatable bonds is 7. The van der Waals surface area contributed by atoms with Crippen molar-refractivity contribution in [3.8, 4) is 5.69 Å². The Kier molecular flexibility index (Phi) is 6.86. The maximum atomic E-state index is 12.3. The van der Waals surface area contributed by atoms with E-state index in [-0.39, 0.29) is 24.9 Å². The first kappa shape index (κ1) is 20.4. The first-order valence-electron chi connectivity index (χ1n) is 9.15. The average Bonchev–Trinajstić information content (AvgIpc) is 3.23. The SMILES string of the molecule is CN(Cc1ccccc1)C(=O)NCCC(=O)Nc1cc(Cl)ccc1-n1cccn1. The van der Waals surface area contributed by atoms with Gasteiger partial charge >= 0.3 is 6.03 Å². The lowest BCUT2D eigenvalue weighted by molar-refractivity contribution is -0.116. The normalized spacial score (nSPS) is 10.4. The van der Waals surface area contributed by atoms with Crippen molar-refractivity contribution >= 4 is 29.2 Å². The zero-order valence-corrected chi connectivity index (χ0v) is 16.8. The molecule has 1 heterocycles. The van der Waals surface area contributed by atoms with Crippen LogP contribution in [0.15, 0.2) is 67.0 Å². The molecule has 1 aromatic heterocycles. The zero-order valence-electron chi connectivity index (χ0n) is 16.0. The van der Waals surface area contributed by atoms with E-state index in [0.717, 1.165) is 5.56 Å². The van der Waals surface area contributed by atoms with Crippen LogP contribution in [-0.4, -0.2) is 40.2 Å². The van der Waals surface area contributed by atoms with Crippen LogP contribution in [0.2, 0.25) is 5.02 Å². The Labute approximate surface area is 174 Å². The van der Waals surface area contributed by atoms with Gasteiger partial charge in [0.1, 0.15) is 0 Å². The van der Waals surface area contributed by atoms with Crippen LogP contribution in [0.25, 0.3) is 5.69 Å². The van der Waals surface area contributed by atoms with E-state index < -0.39 is 0 Å². The summed E-state index contributed by atoms with van der Waals surface area (Å²) in [6.07, 6.45) is 3.57. The van der Waals surface area contributed by atoms with E-state index in [9.17, 15) is 9.59 Å². The lowest BCUT2D eigenvalue weighted by Crippen LogP contribution is -2.38. The Bertz CT molecular complexity index is 960. The maximum absolute atomic E-state index is 12.3. The third kappa shape index (κ3) is 5.83. The number of hydrogen-bond acceptors (Lipinski definition) is 3. The third-order valence-corrected chi connectivity index (χ3v) is 4.46. The van der Waals surface area contributed by atoms with Crippen LogP contribution in [0, 0.1) is 0 Å². The predicted octanol–water partition coefficient (Wildman–Crippen LogP) is 3.70. The Morgan fingerprint density at radius 3 is 2.66 bits per heavy atom. The van der Waals surface area contributed by atoms with Crippen molar-refractivity contribution in [3.63, 3.8) is 0 Å². The van der Waals surface area contributed by atoms with Gasteiger partial charge in [0, 0.05) is 44.0 Å². The van der Waals surface area contributed by atoms with Gasteiger partial charge in [0.05, 0.1) is 11.4 Å². The monoisotopic (exact) mass is 411 g/mol. The van der Waals surface area contributed by atoms with Crippen LogP contribution >= 0.6 is 11.6 Å². The lowest BCUT2D eigenvalue weighted by atomic mass is 10.2. The van der Waals surface area contributed by atoms with E-state index >= 15 is 0 Å². The molecule has 0 unspecified atom stereocenters. The fourth-order valence-electron chi connectivity index (χ4n) is 2.78. The molecule has 3 amide bonds. The Hall–Kier alpha value is -3.32. The highest BCUT2D eigenvalue weighted by atomic mass is 35.5. The summed E-state index contributed by atoms with van der Waals surface area (Å²) < 4.78 is 1.65. The molecule has 0 aliphatic rings. The lowest BCUT2D eigenvalue weighted by Gasteiger charge is -2.18. The van der Waals surface area contributed by atoms with E-state index in [0.29, 0.717) is 22.9 Å². The van der Waals surface area contributed by atoms with Gasteiger partial charge in [-0.15, -0.1) is 0 Å². The summed E-state index contributed by atoms with van der Waals surface area (Å²) in [4.78, 5) is 26.1. The quantitative estimate of drug-likeness (QED) is 0.622. The van der Waals surface area contributed by atoms with E-state index in [2.05, 4.69) is 15.7 Å². The molecule has 7 nitrogen and oxygen atoms in total. The van der Waals surface area contributed by atoms with Crippen molar-refractivity contribution < 1.29 is 9.59 Å². The molecule has 0 saturated heterocycles. The summed E-state index contributed by atoms with van der Waals surface area (Å²) in [5.41, 5.74) is 2.30. The molecule has 0 atom stereocenters. The third-order valence-electron chi connectivity index (χ3n) is 4.22. The molecule has 29 heavy (non-hydrogen) atoms.